The lowest BCUT2D eigenvalue weighted by Crippen LogP contribution is -2.61. The summed E-state index contributed by atoms with van der Waals surface area (Å²) < 4.78 is 0. The Hall–Kier alpha value is -1.06. The summed E-state index contributed by atoms with van der Waals surface area (Å²) in [7, 11) is 2.26. The summed E-state index contributed by atoms with van der Waals surface area (Å²) in [6.07, 6.45) is 12.2. The van der Waals surface area contributed by atoms with Gasteiger partial charge in [0.15, 0.2) is 0 Å². The molecule has 0 amide bonds. The van der Waals surface area contributed by atoms with Crippen molar-refractivity contribution in [1.29, 1.82) is 0 Å². The number of hydrogen-bond donors (Lipinski definition) is 1. The summed E-state index contributed by atoms with van der Waals surface area (Å²) >= 11 is 0. The van der Waals surface area contributed by atoms with Gasteiger partial charge in [0, 0.05) is 11.5 Å². The van der Waals surface area contributed by atoms with Gasteiger partial charge >= 0.3 is 0 Å². The third kappa shape index (κ3) is 3.11. The molecule has 0 aromatic heterocycles. The Labute approximate surface area is 164 Å². The Kier molecular flexibility index (Phi) is 4.72. The maximum atomic E-state index is 10.2. The van der Waals surface area contributed by atoms with Gasteiger partial charge in [-0.15, -0.1) is 0 Å². The van der Waals surface area contributed by atoms with Crippen molar-refractivity contribution in [2.24, 2.45) is 11.8 Å². The topological polar surface area (TPSA) is 26.7 Å². The molecule has 0 spiro atoms. The minimum Gasteiger partial charge on any atom is -0.508 e. The number of phenolic OH excluding ortho intramolecular Hbond substituents is 1. The quantitative estimate of drug-likeness (QED) is 0.867. The molecule has 3 fully saturated rings. The monoisotopic (exact) mass is 368 g/mol. The van der Waals surface area contributed by atoms with E-state index in [9.17, 15) is 5.11 Å². The smallest absolute Gasteiger partial charge is 0.115 e. The summed E-state index contributed by atoms with van der Waals surface area (Å²) in [5.74, 6) is 2.22. The molecule has 1 saturated carbocycles. The maximum absolute atomic E-state index is 10.2. The van der Waals surface area contributed by atoms with Gasteiger partial charge in [0.1, 0.15) is 5.75 Å². The third-order valence-corrected chi connectivity index (χ3v) is 8.60. The summed E-state index contributed by atoms with van der Waals surface area (Å²) in [6, 6.07) is 7.00. The highest BCUT2D eigenvalue weighted by Crippen LogP contribution is 2.56. The first kappa shape index (κ1) is 18.0. The first-order chi connectivity index (χ1) is 13.2. The molecule has 4 aliphatic rings. The van der Waals surface area contributed by atoms with E-state index in [4.69, 9.17) is 0 Å². The fourth-order valence-electron chi connectivity index (χ4n) is 7.05. The van der Waals surface area contributed by atoms with E-state index in [1.54, 1.807) is 0 Å². The Bertz CT molecular complexity index is 681. The average molecular weight is 369 g/mol. The predicted molar refractivity (Wildman–Crippen MR) is 110 cm³/mol. The van der Waals surface area contributed by atoms with E-state index < -0.39 is 0 Å². The molecule has 2 bridgehead atoms. The van der Waals surface area contributed by atoms with E-state index >= 15 is 0 Å². The molecule has 1 aromatic carbocycles. The molecule has 2 heterocycles. The minimum absolute atomic E-state index is 0.360. The van der Waals surface area contributed by atoms with Gasteiger partial charge in [0.05, 0.1) is 0 Å². The van der Waals surface area contributed by atoms with Gasteiger partial charge in [-0.3, -0.25) is 4.90 Å². The zero-order chi connectivity index (χ0) is 18.4. The van der Waals surface area contributed by atoms with Crippen LogP contribution in [0.2, 0.25) is 0 Å². The Morgan fingerprint density at radius 3 is 2.78 bits per heavy atom. The van der Waals surface area contributed by atoms with Gasteiger partial charge < -0.3 is 10.0 Å². The fraction of sp³-hybridized carbons (Fsp3) is 0.750. The van der Waals surface area contributed by atoms with Crippen molar-refractivity contribution in [1.82, 2.24) is 9.80 Å². The van der Waals surface area contributed by atoms with Crippen LogP contribution in [-0.4, -0.2) is 54.2 Å². The largest absolute Gasteiger partial charge is 0.508 e. The highest BCUT2D eigenvalue weighted by molar-refractivity contribution is 5.45. The van der Waals surface area contributed by atoms with Crippen LogP contribution in [0.3, 0.4) is 0 Å². The lowest BCUT2D eigenvalue weighted by Gasteiger charge is -2.59. The molecule has 5 rings (SSSR count). The predicted octanol–water partition coefficient (Wildman–Crippen LogP) is 4.18. The molecular weight excluding hydrogens is 332 g/mol. The second-order valence-corrected chi connectivity index (χ2v) is 9.94. The van der Waals surface area contributed by atoms with Gasteiger partial charge in [-0.2, -0.15) is 0 Å². The van der Waals surface area contributed by atoms with Crippen molar-refractivity contribution >= 4 is 0 Å². The zero-order valence-electron chi connectivity index (χ0n) is 17.0. The van der Waals surface area contributed by atoms with Crippen LogP contribution in [0.5, 0.6) is 5.75 Å². The minimum atomic E-state index is 0.360. The number of fused-ring (bicyclic) bond motifs is 1. The highest BCUT2D eigenvalue weighted by atomic mass is 16.3. The van der Waals surface area contributed by atoms with Crippen molar-refractivity contribution in [2.45, 2.75) is 69.2 Å². The average Bonchev–Trinajstić information content (AvgIpc) is 2.69. The van der Waals surface area contributed by atoms with Crippen molar-refractivity contribution in [3.63, 3.8) is 0 Å². The maximum Gasteiger partial charge on any atom is 0.115 e. The third-order valence-electron chi connectivity index (χ3n) is 8.60. The summed E-state index contributed by atoms with van der Waals surface area (Å²) in [6.45, 7) is 5.15. The van der Waals surface area contributed by atoms with E-state index in [0.29, 0.717) is 11.2 Å². The molecule has 2 saturated heterocycles. The van der Waals surface area contributed by atoms with Gasteiger partial charge in [0.2, 0.25) is 0 Å². The van der Waals surface area contributed by atoms with Gasteiger partial charge in [0.25, 0.3) is 0 Å². The standard InChI is InChI=1S/C24H36N2O/c1-25-12-7-18(8-13-25)9-14-26-15-11-24-10-3-2-4-21(24)23(26)16-19-5-6-20(27)17-22(19)24/h5-6,17-18,21,23,27H,2-4,7-16H2,1H3/t21-,23-,24-/m0/s1. The SMILES string of the molecule is CN1CCC(CCN2CC[C@@]34CCCC[C@H]3[C@@H]2Cc2ccc(O)cc24)CC1. The number of phenols is 1. The summed E-state index contributed by atoms with van der Waals surface area (Å²) in [5.41, 5.74) is 3.40. The van der Waals surface area contributed by atoms with Crippen molar-refractivity contribution in [3.05, 3.63) is 29.3 Å². The molecule has 1 N–H and O–H groups in total. The van der Waals surface area contributed by atoms with Crippen molar-refractivity contribution < 1.29 is 5.11 Å². The number of piperidine rings is 2. The first-order valence-corrected chi connectivity index (χ1v) is 11.4. The number of rotatable bonds is 3. The number of aromatic hydroxyl groups is 1. The first-order valence-electron chi connectivity index (χ1n) is 11.4. The van der Waals surface area contributed by atoms with Crippen LogP contribution in [0.1, 0.15) is 62.5 Å². The molecule has 27 heavy (non-hydrogen) atoms. The Balaban J connectivity index is 1.36. The second-order valence-electron chi connectivity index (χ2n) is 9.94. The van der Waals surface area contributed by atoms with Crippen LogP contribution in [-0.2, 0) is 11.8 Å². The normalized spacial score (nSPS) is 34.9. The number of likely N-dealkylation sites (tertiary alicyclic amines) is 2. The van der Waals surface area contributed by atoms with Crippen molar-refractivity contribution in [3.8, 4) is 5.75 Å². The summed E-state index contributed by atoms with van der Waals surface area (Å²) in [5, 5.41) is 10.2. The van der Waals surface area contributed by atoms with E-state index in [1.807, 2.05) is 6.07 Å². The van der Waals surface area contributed by atoms with Crippen LogP contribution in [0, 0.1) is 11.8 Å². The van der Waals surface area contributed by atoms with Gasteiger partial charge in [-0.25, -0.2) is 0 Å². The molecule has 2 aliphatic heterocycles. The number of hydrogen-bond acceptors (Lipinski definition) is 3. The molecule has 1 aromatic rings. The zero-order valence-corrected chi connectivity index (χ0v) is 17.0. The van der Waals surface area contributed by atoms with Crippen LogP contribution >= 0.6 is 0 Å². The second kappa shape index (κ2) is 7.08. The van der Waals surface area contributed by atoms with E-state index in [2.05, 4.69) is 29.0 Å². The highest BCUT2D eigenvalue weighted by Gasteiger charge is 2.53. The molecule has 2 aliphatic carbocycles. The lowest BCUT2D eigenvalue weighted by atomic mass is 9.52. The van der Waals surface area contributed by atoms with Crippen LogP contribution in [0.15, 0.2) is 18.2 Å². The molecule has 3 atom stereocenters. The fourth-order valence-corrected chi connectivity index (χ4v) is 7.05. The lowest BCUT2D eigenvalue weighted by molar-refractivity contribution is -0.0146. The number of nitrogens with zero attached hydrogens (tertiary/aromatic N) is 2. The molecule has 148 valence electrons. The van der Waals surface area contributed by atoms with Crippen LogP contribution < -0.4 is 0 Å². The van der Waals surface area contributed by atoms with Gasteiger partial charge in [-0.1, -0.05) is 18.9 Å². The van der Waals surface area contributed by atoms with E-state index in [1.165, 1.54) is 95.1 Å². The molecular formula is C24H36N2O. The molecule has 0 radical (unpaired) electrons. The summed E-state index contributed by atoms with van der Waals surface area (Å²) in [4.78, 5) is 5.36. The van der Waals surface area contributed by atoms with Gasteiger partial charge in [-0.05, 0) is 113 Å². The molecule has 3 nitrogen and oxygen atoms in total. The van der Waals surface area contributed by atoms with Crippen molar-refractivity contribution in [2.75, 3.05) is 33.2 Å². The Morgan fingerprint density at radius 2 is 1.93 bits per heavy atom. The van der Waals surface area contributed by atoms with Crippen LogP contribution in [0.25, 0.3) is 0 Å². The van der Waals surface area contributed by atoms with E-state index in [0.717, 1.165) is 17.9 Å². The van der Waals surface area contributed by atoms with Crippen LogP contribution in [0.4, 0.5) is 0 Å². The molecule has 3 heteroatoms. The number of benzene rings is 1. The molecule has 0 unspecified atom stereocenters. The van der Waals surface area contributed by atoms with E-state index in [-0.39, 0.29) is 0 Å². The Morgan fingerprint density at radius 1 is 1.07 bits per heavy atom.